The van der Waals surface area contributed by atoms with E-state index in [4.69, 9.17) is 14.3 Å². The molecular weight excluding hydrogens is 418 g/mol. The van der Waals surface area contributed by atoms with Gasteiger partial charge in [0.25, 0.3) is 0 Å². The second kappa shape index (κ2) is 10.9. The van der Waals surface area contributed by atoms with Gasteiger partial charge in [-0.2, -0.15) is 0 Å². The van der Waals surface area contributed by atoms with E-state index in [0.717, 1.165) is 55.0 Å². The van der Waals surface area contributed by atoms with Gasteiger partial charge in [-0.05, 0) is 56.4 Å². The molecule has 172 valence electrons. The zero-order valence-electron chi connectivity index (χ0n) is 18.6. The number of aliphatic carboxylic acids is 1. The van der Waals surface area contributed by atoms with E-state index in [1.165, 1.54) is 0 Å². The van der Waals surface area contributed by atoms with Gasteiger partial charge in [0.2, 0.25) is 0 Å². The van der Waals surface area contributed by atoms with Crippen LogP contribution in [0.5, 0.6) is 5.75 Å². The first-order valence-corrected chi connectivity index (χ1v) is 11.5. The number of Topliss-reactive ketones (excluding diaryl/α,β-unsaturated/α-hetero) is 1. The number of para-hydroxylation sites is 2. The molecule has 1 unspecified atom stereocenters. The molecule has 6 nitrogen and oxygen atoms in total. The Balaban J connectivity index is 1.41. The monoisotopic (exact) mass is 447 g/mol. The van der Waals surface area contributed by atoms with Gasteiger partial charge in [0.1, 0.15) is 11.5 Å². The minimum Gasteiger partial charge on any atom is -0.491 e. The SMILES string of the molecule is O=C(O)CCCCCOc1ccccc1N1CCCC1C(=O)c1ccc(-c2ccco2)cc1. The molecule has 0 radical (unpaired) electrons. The lowest BCUT2D eigenvalue weighted by molar-refractivity contribution is -0.137. The summed E-state index contributed by atoms with van der Waals surface area (Å²) in [6, 6.07) is 19.0. The fourth-order valence-corrected chi connectivity index (χ4v) is 4.32. The predicted octanol–water partition coefficient (Wildman–Crippen LogP) is 5.82. The van der Waals surface area contributed by atoms with Crippen molar-refractivity contribution in [2.75, 3.05) is 18.1 Å². The number of benzene rings is 2. The first kappa shape index (κ1) is 22.6. The van der Waals surface area contributed by atoms with Crippen LogP contribution < -0.4 is 9.64 Å². The molecule has 3 aromatic rings. The number of anilines is 1. The van der Waals surface area contributed by atoms with Crippen molar-refractivity contribution in [3.05, 3.63) is 72.5 Å². The Hall–Kier alpha value is -3.54. The minimum atomic E-state index is -0.762. The number of ketones is 1. The molecule has 1 aliphatic rings. The molecule has 2 heterocycles. The Kier molecular flexibility index (Phi) is 7.45. The molecule has 2 aromatic carbocycles. The number of carboxylic acid groups (broad SMARTS) is 1. The number of ether oxygens (including phenoxy) is 1. The number of unbranched alkanes of at least 4 members (excludes halogenated alkanes) is 2. The summed E-state index contributed by atoms with van der Waals surface area (Å²) >= 11 is 0. The average molecular weight is 448 g/mol. The first-order valence-electron chi connectivity index (χ1n) is 11.5. The molecule has 4 rings (SSSR count). The summed E-state index contributed by atoms with van der Waals surface area (Å²) in [5.41, 5.74) is 2.58. The van der Waals surface area contributed by atoms with Crippen LogP contribution in [-0.4, -0.2) is 36.1 Å². The predicted molar refractivity (Wildman–Crippen MR) is 127 cm³/mol. The summed E-state index contributed by atoms with van der Waals surface area (Å²) in [6.45, 7) is 1.33. The number of furan rings is 1. The van der Waals surface area contributed by atoms with Crippen LogP contribution in [0.3, 0.4) is 0 Å². The highest BCUT2D eigenvalue weighted by Gasteiger charge is 2.33. The Morgan fingerprint density at radius 3 is 2.58 bits per heavy atom. The number of hydrogen-bond donors (Lipinski definition) is 1. The molecule has 0 amide bonds. The Labute approximate surface area is 193 Å². The van der Waals surface area contributed by atoms with Crippen molar-refractivity contribution in [3.8, 4) is 17.1 Å². The molecule has 1 fully saturated rings. The summed E-state index contributed by atoms with van der Waals surface area (Å²) in [5.74, 6) is 0.901. The van der Waals surface area contributed by atoms with Crippen molar-refractivity contribution >= 4 is 17.4 Å². The van der Waals surface area contributed by atoms with Crippen LogP contribution in [0, 0.1) is 0 Å². The lowest BCUT2D eigenvalue weighted by atomic mass is 10.00. The molecule has 6 heteroatoms. The fourth-order valence-electron chi connectivity index (χ4n) is 4.32. The topological polar surface area (TPSA) is 80.0 Å². The second-order valence-corrected chi connectivity index (χ2v) is 8.29. The van der Waals surface area contributed by atoms with E-state index in [9.17, 15) is 9.59 Å². The van der Waals surface area contributed by atoms with E-state index >= 15 is 0 Å². The molecule has 1 aromatic heterocycles. The zero-order chi connectivity index (χ0) is 23.0. The molecular formula is C27H29NO5. The molecule has 1 N–H and O–H groups in total. The van der Waals surface area contributed by atoms with Gasteiger partial charge in [-0.3, -0.25) is 9.59 Å². The van der Waals surface area contributed by atoms with Crippen LogP contribution >= 0.6 is 0 Å². The Bertz CT molecular complexity index is 1060. The summed E-state index contributed by atoms with van der Waals surface area (Å²) in [4.78, 5) is 26.2. The third kappa shape index (κ3) is 5.64. The summed E-state index contributed by atoms with van der Waals surface area (Å²) < 4.78 is 11.5. The van der Waals surface area contributed by atoms with Gasteiger partial charge < -0.3 is 19.2 Å². The summed E-state index contributed by atoms with van der Waals surface area (Å²) in [5, 5.41) is 8.75. The highest BCUT2D eigenvalue weighted by molar-refractivity contribution is 6.02. The van der Waals surface area contributed by atoms with Gasteiger partial charge in [0.05, 0.1) is 24.6 Å². The molecule has 0 aliphatic carbocycles. The number of rotatable bonds is 11. The molecule has 1 saturated heterocycles. The highest BCUT2D eigenvalue weighted by Crippen LogP contribution is 2.35. The normalized spacial score (nSPS) is 15.5. The summed E-state index contributed by atoms with van der Waals surface area (Å²) in [7, 11) is 0. The van der Waals surface area contributed by atoms with E-state index < -0.39 is 5.97 Å². The lowest BCUT2D eigenvalue weighted by Gasteiger charge is -2.27. The highest BCUT2D eigenvalue weighted by atomic mass is 16.5. The molecule has 1 aliphatic heterocycles. The van der Waals surface area contributed by atoms with E-state index in [-0.39, 0.29) is 18.2 Å². The van der Waals surface area contributed by atoms with Gasteiger partial charge >= 0.3 is 5.97 Å². The van der Waals surface area contributed by atoms with Crippen LogP contribution in [0.2, 0.25) is 0 Å². The number of carboxylic acids is 1. The van der Waals surface area contributed by atoms with Crippen molar-refractivity contribution in [2.24, 2.45) is 0 Å². The maximum Gasteiger partial charge on any atom is 0.303 e. The number of hydrogen-bond acceptors (Lipinski definition) is 5. The number of nitrogens with zero attached hydrogens (tertiary/aromatic N) is 1. The van der Waals surface area contributed by atoms with Crippen LogP contribution in [0.15, 0.2) is 71.3 Å². The third-order valence-corrected chi connectivity index (χ3v) is 6.00. The van der Waals surface area contributed by atoms with Crippen LogP contribution in [0.25, 0.3) is 11.3 Å². The minimum absolute atomic E-state index is 0.113. The molecule has 0 spiro atoms. The second-order valence-electron chi connectivity index (χ2n) is 8.29. The fraction of sp³-hybridized carbons (Fsp3) is 0.333. The summed E-state index contributed by atoms with van der Waals surface area (Å²) in [6.07, 6.45) is 5.85. The zero-order valence-corrected chi connectivity index (χ0v) is 18.6. The molecule has 33 heavy (non-hydrogen) atoms. The van der Waals surface area contributed by atoms with Gasteiger partial charge in [-0.15, -0.1) is 0 Å². The van der Waals surface area contributed by atoms with Crippen LogP contribution in [0.4, 0.5) is 5.69 Å². The first-order chi connectivity index (χ1) is 16.1. The molecule has 1 atom stereocenters. The molecule has 0 bridgehead atoms. The van der Waals surface area contributed by atoms with Crippen molar-refractivity contribution < 1.29 is 23.8 Å². The van der Waals surface area contributed by atoms with Crippen molar-refractivity contribution in [2.45, 2.75) is 44.6 Å². The van der Waals surface area contributed by atoms with E-state index in [1.54, 1.807) is 6.26 Å². The van der Waals surface area contributed by atoms with E-state index in [1.807, 2.05) is 60.7 Å². The van der Waals surface area contributed by atoms with Gasteiger partial charge in [0, 0.05) is 24.1 Å². The lowest BCUT2D eigenvalue weighted by Crippen LogP contribution is -2.36. The average Bonchev–Trinajstić information content (AvgIpc) is 3.54. The standard InChI is InChI=1S/C27H29NO5/c29-26(30)12-2-1-5-18-33-25-10-4-3-8-22(25)28-17-6-9-23(28)27(31)21-15-13-20(14-16-21)24-11-7-19-32-24/h3-4,7-8,10-11,13-16,19,23H,1-2,5-6,9,12,17-18H2,(H,29,30). The third-order valence-electron chi connectivity index (χ3n) is 6.00. The number of carbonyl (C=O) groups excluding carboxylic acids is 1. The Morgan fingerprint density at radius 2 is 1.82 bits per heavy atom. The van der Waals surface area contributed by atoms with Crippen LogP contribution in [-0.2, 0) is 4.79 Å². The van der Waals surface area contributed by atoms with Crippen molar-refractivity contribution in [1.82, 2.24) is 0 Å². The maximum absolute atomic E-state index is 13.4. The van der Waals surface area contributed by atoms with Crippen molar-refractivity contribution in [3.63, 3.8) is 0 Å². The smallest absolute Gasteiger partial charge is 0.303 e. The van der Waals surface area contributed by atoms with Crippen molar-refractivity contribution in [1.29, 1.82) is 0 Å². The van der Waals surface area contributed by atoms with Gasteiger partial charge in [0.15, 0.2) is 5.78 Å². The van der Waals surface area contributed by atoms with E-state index in [2.05, 4.69) is 4.90 Å². The largest absolute Gasteiger partial charge is 0.491 e. The van der Waals surface area contributed by atoms with Crippen LogP contribution in [0.1, 0.15) is 48.9 Å². The van der Waals surface area contributed by atoms with Gasteiger partial charge in [-0.1, -0.05) is 36.4 Å². The molecule has 0 saturated carbocycles. The van der Waals surface area contributed by atoms with Gasteiger partial charge in [-0.25, -0.2) is 0 Å². The maximum atomic E-state index is 13.4. The number of carbonyl (C=O) groups is 2. The van der Waals surface area contributed by atoms with E-state index in [0.29, 0.717) is 18.6 Å². The quantitative estimate of drug-likeness (QED) is 0.295. The Morgan fingerprint density at radius 1 is 1.00 bits per heavy atom.